The van der Waals surface area contributed by atoms with Crippen LogP contribution in [0.1, 0.15) is 25.0 Å². The van der Waals surface area contributed by atoms with Crippen molar-refractivity contribution in [1.29, 1.82) is 0 Å². The zero-order chi connectivity index (χ0) is 16.6. The molecule has 0 spiro atoms. The minimum absolute atomic E-state index is 0.0135. The van der Waals surface area contributed by atoms with Crippen molar-refractivity contribution in [3.8, 4) is 5.75 Å². The van der Waals surface area contributed by atoms with Gasteiger partial charge in [-0.1, -0.05) is 18.2 Å². The van der Waals surface area contributed by atoms with E-state index in [0.717, 1.165) is 21.9 Å². The Labute approximate surface area is 132 Å². The van der Waals surface area contributed by atoms with Crippen molar-refractivity contribution in [3.63, 3.8) is 0 Å². The van der Waals surface area contributed by atoms with Gasteiger partial charge < -0.3 is 13.9 Å². The van der Waals surface area contributed by atoms with E-state index in [2.05, 4.69) is 0 Å². The quantitative estimate of drug-likeness (QED) is 0.542. The van der Waals surface area contributed by atoms with Gasteiger partial charge in [-0.15, -0.1) is 0 Å². The molecule has 0 bridgehead atoms. The molecule has 3 aromatic rings. The summed E-state index contributed by atoms with van der Waals surface area (Å²) >= 11 is 0. The maximum Gasteiger partial charge on any atom is 0.308 e. The molecule has 0 radical (unpaired) electrons. The van der Waals surface area contributed by atoms with Crippen LogP contribution in [-0.4, -0.2) is 11.9 Å². The van der Waals surface area contributed by atoms with E-state index >= 15 is 0 Å². The first-order valence-corrected chi connectivity index (χ1v) is 7.23. The average molecular weight is 312 g/mol. The van der Waals surface area contributed by atoms with Gasteiger partial charge in [0.25, 0.3) is 0 Å². The summed E-state index contributed by atoms with van der Waals surface area (Å²) in [6.45, 7) is 4.51. The minimum atomic E-state index is -0.427. The molecule has 0 unspecified atom stereocenters. The van der Waals surface area contributed by atoms with Crippen LogP contribution in [0.3, 0.4) is 0 Å². The summed E-state index contributed by atoms with van der Waals surface area (Å²) in [6, 6.07) is 9.40. The molecular formula is C18H16O5. The van der Waals surface area contributed by atoms with Gasteiger partial charge in [0.1, 0.15) is 23.5 Å². The number of hydrogen-bond acceptors (Lipinski definition) is 5. The Morgan fingerprint density at radius 2 is 1.83 bits per heavy atom. The highest BCUT2D eigenvalue weighted by Crippen LogP contribution is 2.38. The Morgan fingerprint density at radius 3 is 2.52 bits per heavy atom. The molecule has 0 saturated heterocycles. The standard InChI is InChI=1S/C18H16O5/c1-10-8-16-17(13-6-4-5-7-15(13)23-16)14(9-21-11(2)19)18(10)22-12(3)20/h4-8H,9H2,1-3H3. The first-order valence-electron chi connectivity index (χ1n) is 7.23. The third-order valence-corrected chi connectivity index (χ3v) is 3.57. The van der Waals surface area contributed by atoms with Gasteiger partial charge in [-0.25, -0.2) is 0 Å². The van der Waals surface area contributed by atoms with Crippen molar-refractivity contribution >= 4 is 33.9 Å². The van der Waals surface area contributed by atoms with Crippen LogP contribution in [0.5, 0.6) is 5.75 Å². The predicted octanol–water partition coefficient (Wildman–Crippen LogP) is 3.88. The zero-order valence-corrected chi connectivity index (χ0v) is 13.1. The maximum absolute atomic E-state index is 11.4. The molecule has 2 aromatic carbocycles. The third kappa shape index (κ3) is 2.77. The Morgan fingerprint density at radius 1 is 1.09 bits per heavy atom. The summed E-state index contributed by atoms with van der Waals surface area (Å²) in [4.78, 5) is 22.7. The number of aryl methyl sites for hydroxylation is 1. The number of benzene rings is 2. The number of ether oxygens (including phenoxy) is 2. The lowest BCUT2D eigenvalue weighted by Gasteiger charge is -2.13. The lowest BCUT2D eigenvalue weighted by Crippen LogP contribution is -2.08. The highest BCUT2D eigenvalue weighted by molar-refractivity contribution is 6.08. The first kappa shape index (κ1) is 15.1. The molecule has 0 saturated carbocycles. The smallest absolute Gasteiger partial charge is 0.308 e. The number of hydrogen-bond donors (Lipinski definition) is 0. The number of rotatable bonds is 3. The monoisotopic (exact) mass is 312 g/mol. The summed E-state index contributed by atoms with van der Waals surface area (Å²) in [5.74, 6) is -0.414. The fourth-order valence-corrected chi connectivity index (χ4v) is 2.69. The second kappa shape index (κ2) is 5.76. The van der Waals surface area contributed by atoms with Crippen LogP contribution in [0.2, 0.25) is 0 Å². The van der Waals surface area contributed by atoms with E-state index in [0.29, 0.717) is 16.9 Å². The van der Waals surface area contributed by atoms with Gasteiger partial charge in [-0.05, 0) is 24.6 Å². The summed E-state index contributed by atoms with van der Waals surface area (Å²) in [6.07, 6.45) is 0. The van der Waals surface area contributed by atoms with Gasteiger partial charge in [-0.2, -0.15) is 0 Å². The van der Waals surface area contributed by atoms with E-state index in [-0.39, 0.29) is 6.61 Å². The fraction of sp³-hybridized carbons (Fsp3) is 0.222. The highest BCUT2D eigenvalue weighted by atomic mass is 16.5. The molecule has 5 nitrogen and oxygen atoms in total. The topological polar surface area (TPSA) is 65.7 Å². The van der Waals surface area contributed by atoms with Gasteiger partial charge >= 0.3 is 11.9 Å². The Hall–Kier alpha value is -2.82. The molecule has 0 aliphatic rings. The molecule has 0 fully saturated rings. The van der Waals surface area contributed by atoms with Gasteiger partial charge in [0.2, 0.25) is 0 Å². The molecule has 23 heavy (non-hydrogen) atoms. The van der Waals surface area contributed by atoms with Crippen molar-refractivity contribution < 1.29 is 23.5 Å². The number of furan rings is 1. The number of esters is 2. The SMILES string of the molecule is CC(=O)OCc1c(OC(C)=O)c(C)cc2oc3ccccc3c12. The van der Waals surface area contributed by atoms with E-state index in [9.17, 15) is 9.59 Å². The second-order valence-corrected chi connectivity index (χ2v) is 5.35. The van der Waals surface area contributed by atoms with E-state index in [4.69, 9.17) is 13.9 Å². The summed E-state index contributed by atoms with van der Waals surface area (Å²) in [5.41, 5.74) is 2.77. The molecule has 0 aliphatic heterocycles. The number of carbonyl (C=O) groups is 2. The van der Waals surface area contributed by atoms with Crippen molar-refractivity contribution in [2.75, 3.05) is 0 Å². The lowest BCUT2D eigenvalue weighted by atomic mass is 10.0. The van der Waals surface area contributed by atoms with E-state index in [1.807, 2.05) is 37.3 Å². The first-order chi connectivity index (χ1) is 11.0. The molecule has 0 amide bonds. The fourth-order valence-electron chi connectivity index (χ4n) is 2.69. The molecule has 0 atom stereocenters. The van der Waals surface area contributed by atoms with E-state index in [1.54, 1.807) is 0 Å². The van der Waals surface area contributed by atoms with Gasteiger partial charge in [0, 0.05) is 30.2 Å². The molecule has 5 heteroatoms. The highest BCUT2D eigenvalue weighted by Gasteiger charge is 2.20. The number of para-hydroxylation sites is 1. The van der Waals surface area contributed by atoms with Gasteiger partial charge in [0.05, 0.1) is 0 Å². The average Bonchev–Trinajstić information content (AvgIpc) is 2.84. The largest absolute Gasteiger partial charge is 0.461 e. The van der Waals surface area contributed by atoms with Crippen LogP contribution in [0.15, 0.2) is 34.7 Å². The molecule has 118 valence electrons. The summed E-state index contributed by atoms with van der Waals surface area (Å²) < 4.78 is 16.4. The van der Waals surface area contributed by atoms with Crippen LogP contribution in [0, 0.1) is 6.92 Å². The van der Waals surface area contributed by atoms with Crippen LogP contribution in [0.25, 0.3) is 21.9 Å². The minimum Gasteiger partial charge on any atom is -0.461 e. The molecule has 3 rings (SSSR count). The molecule has 0 N–H and O–H groups in total. The predicted molar refractivity (Wildman–Crippen MR) is 85.2 cm³/mol. The van der Waals surface area contributed by atoms with Crippen molar-refractivity contribution in [2.24, 2.45) is 0 Å². The van der Waals surface area contributed by atoms with Crippen LogP contribution >= 0.6 is 0 Å². The maximum atomic E-state index is 11.4. The Bertz CT molecular complexity index is 920. The summed E-state index contributed by atoms with van der Waals surface area (Å²) in [5, 5.41) is 1.68. The number of carbonyl (C=O) groups excluding carboxylic acids is 2. The third-order valence-electron chi connectivity index (χ3n) is 3.57. The van der Waals surface area contributed by atoms with E-state index < -0.39 is 11.9 Å². The molecule has 0 aliphatic carbocycles. The Balaban J connectivity index is 2.32. The molecule has 1 aromatic heterocycles. The normalized spacial score (nSPS) is 10.9. The van der Waals surface area contributed by atoms with Gasteiger partial charge in [0.15, 0.2) is 0 Å². The lowest BCUT2D eigenvalue weighted by molar-refractivity contribution is -0.142. The number of fused-ring (bicyclic) bond motifs is 3. The second-order valence-electron chi connectivity index (χ2n) is 5.35. The van der Waals surface area contributed by atoms with Crippen LogP contribution in [-0.2, 0) is 20.9 Å². The van der Waals surface area contributed by atoms with Crippen LogP contribution < -0.4 is 4.74 Å². The van der Waals surface area contributed by atoms with Crippen molar-refractivity contribution in [3.05, 3.63) is 41.5 Å². The van der Waals surface area contributed by atoms with E-state index in [1.165, 1.54) is 13.8 Å². The van der Waals surface area contributed by atoms with Crippen LogP contribution in [0.4, 0.5) is 0 Å². The summed E-state index contributed by atoms with van der Waals surface area (Å²) in [7, 11) is 0. The Kier molecular flexibility index (Phi) is 3.78. The van der Waals surface area contributed by atoms with Gasteiger partial charge in [-0.3, -0.25) is 9.59 Å². The van der Waals surface area contributed by atoms with Crippen molar-refractivity contribution in [1.82, 2.24) is 0 Å². The molecule has 1 heterocycles. The van der Waals surface area contributed by atoms with Crippen molar-refractivity contribution in [2.45, 2.75) is 27.4 Å². The molecular weight excluding hydrogens is 296 g/mol. The zero-order valence-electron chi connectivity index (χ0n) is 13.1.